The van der Waals surface area contributed by atoms with Crippen molar-refractivity contribution in [3.8, 4) is 0 Å². The number of Topliss-reactive ketones (excluding diaryl/α,β-unsaturated/α-hetero) is 2. The molecule has 3 nitrogen and oxygen atoms in total. The number of carbonyl (C=O) groups excluding carboxylic acids is 2. The molecule has 0 saturated heterocycles. The Balaban J connectivity index is 1.66. The van der Waals surface area contributed by atoms with Crippen LogP contribution >= 0.6 is 0 Å². The van der Waals surface area contributed by atoms with E-state index in [9.17, 15) is 14.0 Å². The molecule has 1 N–H and O–H groups in total. The number of halogens is 1. The Morgan fingerprint density at radius 2 is 1.50 bits per heavy atom. The van der Waals surface area contributed by atoms with Gasteiger partial charge in [-0.25, -0.2) is 4.39 Å². The van der Waals surface area contributed by atoms with Crippen LogP contribution in [0.15, 0.2) is 54.7 Å². The fourth-order valence-electron chi connectivity index (χ4n) is 2.38. The van der Waals surface area contributed by atoms with Gasteiger partial charge in [-0.05, 0) is 48.5 Å². The lowest BCUT2D eigenvalue weighted by atomic mass is 10.0. The zero-order valence-electron chi connectivity index (χ0n) is 11.8. The van der Waals surface area contributed by atoms with E-state index in [1.165, 1.54) is 24.3 Å². The lowest BCUT2D eigenvalue weighted by molar-refractivity contribution is 0.0917. The first-order valence-corrected chi connectivity index (χ1v) is 7.02. The second-order valence-corrected chi connectivity index (χ2v) is 5.13. The molecule has 0 amide bonds. The van der Waals surface area contributed by atoms with E-state index >= 15 is 0 Å². The summed E-state index contributed by atoms with van der Waals surface area (Å²) >= 11 is 0. The molecule has 0 saturated carbocycles. The maximum atomic E-state index is 12.8. The number of hydrogen-bond donors (Lipinski definition) is 1. The van der Waals surface area contributed by atoms with Crippen molar-refractivity contribution in [2.24, 2.45) is 0 Å². The monoisotopic (exact) mass is 295 g/mol. The Hall–Kier alpha value is -2.75. The van der Waals surface area contributed by atoms with E-state index in [-0.39, 0.29) is 30.2 Å². The highest BCUT2D eigenvalue weighted by Gasteiger charge is 2.11. The highest BCUT2D eigenvalue weighted by atomic mass is 19.1. The van der Waals surface area contributed by atoms with Crippen LogP contribution in [0.1, 0.15) is 33.6 Å². The minimum atomic E-state index is -0.382. The molecule has 0 aliphatic rings. The molecule has 0 bridgehead atoms. The zero-order chi connectivity index (χ0) is 15.5. The first-order valence-electron chi connectivity index (χ1n) is 7.02. The molecule has 3 rings (SSSR count). The van der Waals surface area contributed by atoms with Gasteiger partial charge in [0.15, 0.2) is 11.6 Å². The van der Waals surface area contributed by atoms with Gasteiger partial charge in [-0.3, -0.25) is 9.59 Å². The number of aromatic nitrogens is 1. The van der Waals surface area contributed by atoms with Crippen LogP contribution in [0.4, 0.5) is 4.39 Å². The van der Waals surface area contributed by atoms with Crippen molar-refractivity contribution >= 4 is 22.5 Å². The van der Waals surface area contributed by atoms with Crippen molar-refractivity contribution in [1.29, 1.82) is 0 Å². The summed E-state index contributed by atoms with van der Waals surface area (Å²) in [6.45, 7) is 0. The van der Waals surface area contributed by atoms with Crippen molar-refractivity contribution in [2.75, 3.05) is 0 Å². The summed E-state index contributed by atoms with van der Waals surface area (Å²) in [5.41, 5.74) is 1.99. The molecule has 4 heteroatoms. The molecular formula is C18H14FNO2. The summed E-state index contributed by atoms with van der Waals surface area (Å²) in [5, 5.41) is 0.968. The first kappa shape index (κ1) is 14.2. The van der Waals surface area contributed by atoms with Crippen LogP contribution in [-0.2, 0) is 0 Å². The number of fused-ring (bicyclic) bond motifs is 1. The van der Waals surface area contributed by atoms with Gasteiger partial charge in [0.25, 0.3) is 0 Å². The molecule has 0 fully saturated rings. The Morgan fingerprint density at radius 3 is 2.23 bits per heavy atom. The highest BCUT2D eigenvalue weighted by molar-refractivity contribution is 6.03. The number of rotatable bonds is 5. The number of aromatic amines is 1. The number of nitrogens with one attached hydrogen (secondary N) is 1. The predicted molar refractivity (Wildman–Crippen MR) is 82.6 cm³/mol. The largest absolute Gasteiger partial charge is 0.361 e. The molecule has 0 aliphatic carbocycles. The van der Waals surface area contributed by atoms with Gasteiger partial charge in [-0.2, -0.15) is 0 Å². The zero-order valence-corrected chi connectivity index (χ0v) is 11.8. The highest BCUT2D eigenvalue weighted by Crippen LogP contribution is 2.16. The summed E-state index contributed by atoms with van der Waals surface area (Å²) in [6, 6.07) is 12.7. The van der Waals surface area contributed by atoms with E-state index in [4.69, 9.17) is 0 Å². The second kappa shape index (κ2) is 5.93. The average molecular weight is 295 g/mol. The van der Waals surface area contributed by atoms with E-state index in [1.54, 1.807) is 6.07 Å². The Kier molecular flexibility index (Phi) is 3.83. The van der Waals surface area contributed by atoms with Gasteiger partial charge in [0.2, 0.25) is 0 Å². The van der Waals surface area contributed by atoms with Crippen molar-refractivity contribution in [1.82, 2.24) is 4.98 Å². The molecule has 3 aromatic rings. The van der Waals surface area contributed by atoms with Crippen molar-refractivity contribution in [3.63, 3.8) is 0 Å². The number of H-pyrrole nitrogens is 1. The van der Waals surface area contributed by atoms with Crippen molar-refractivity contribution < 1.29 is 14.0 Å². The predicted octanol–water partition coefficient (Wildman–Crippen LogP) is 4.15. The van der Waals surface area contributed by atoms with Crippen LogP contribution in [0.5, 0.6) is 0 Å². The molecule has 0 radical (unpaired) electrons. The van der Waals surface area contributed by atoms with Crippen LogP contribution in [0.3, 0.4) is 0 Å². The van der Waals surface area contributed by atoms with E-state index in [1.807, 2.05) is 24.4 Å². The quantitative estimate of drug-likeness (QED) is 0.719. The van der Waals surface area contributed by atoms with E-state index in [0.717, 1.165) is 10.9 Å². The Labute approximate surface area is 126 Å². The van der Waals surface area contributed by atoms with Crippen LogP contribution in [0, 0.1) is 5.82 Å². The van der Waals surface area contributed by atoms with E-state index in [2.05, 4.69) is 4.98 Å². The van der Waals surface area contributed by atoms with Gasteiger partial charge in [-0.1, -0.05) is 0 Å². The second-order valence-electron chi connectivity index (χ2n) is 5.13. The van der Waals surface area contributed by atoms with Gasteiger partial charge < -0.3 is 4.98 Å². The lowest BCUT2D eigenvalue weighted by Crippen LogP contribution is -2.05. The van der Waals surface area contributed by atoms with Crippen LogP contribution in [0.25, 0.3) is 10.9 Å². The summed E-state index contributed by atoms with van der Waals surface area (Å²) in [5.74, 6) is -0.609. The molecule has 0 aliphatic heterocycles. The van der Waals surface area contributed by atoms with Crippen LogP contribution in [0.2, 0.25) is 0 Å². The third-order valence-electron chi connectivity index (χ3n) is 3.62. The molecule has 0 spiro atoms. The summed E-state index contributed by atoms with van der Waals surface area (Å²) in [4.78, 5) is 27.2. The molecule has 0 atom stereocenters. The van der Waals surface area contributed by atoms with Gasteiger partial charge >= 0.3 is 0 Å². The lowest BCUT2D eigenvalue weighted by Gasteiger charge is -2.02. The smallest absolute Gasteiger partial charge is 0.163 e. The van der Waals surface area contributed by atoms with Gasteiger partial charge in [-0.15, -0.1) is 0 Å². The van der Waals surface area contributed by atoms with Crippen molar-refractivity contribution in [3.05, 3.63) is 71.7 Å². The van der Waals surface area contributed by atoms with Crippen molar-refractivity contribution in [2.45, 2.75) is 12.8 Å². The molecule has 110 valence electrons. The van der Waals surface area contributed by atoms with Crippen LogP contribution < -0.4 is 0 Å². The number of carbonyl (C=O) groups is 2. The molecule has 1 aromatic heterocycles. The summed E-state index contributed by atoms with van der Waals surface area (Å²) < 4.78 is 12.8. The Bertz CT molecular complexity index is 834. The number of hydrogen-bond acceptors (Lipinski definition) is 2. The van der Waals surface area contributed by atoms with Gasteiger partial charge in [0.05, 0.1) is 0 Å². The van der Waals surface area contributed by atoms with Crippen LogP contribution in [-0.4, -0.2) is 16.6 Å². The third kappa shape index (κ3) is 2.96. The minimum absolute atomic E-state index is 0.0708. The number of benzene rings is 2. The Morgan fingerprint density at radius 1 is 0.864 bits per heavy atom. The topological polar surface area (TPSA) is 49.9 Å². The standard InChI is InChI=1S/C18H14FNO2/c19-15-4-1-12(2-5-15)17(21)7-8-18(22)14-3-6-16-13(11-14)9-10-20-16/h1-6,9-11,20H,7-8H2. The molecular weight excluding hydrogens is 281 g/mol. The number of ketones is 2. The molecule has 2 aromatic carbocycles. The normalized spacial score (nSPS) is 10.8. The SMILES string of the molecule is O=C(CCC(=O)c1ccc2[nH]ccc2c1)c1ccc(F)cc1. The summed E-state index contributed by atoms with van der Waals surface area (Å²) in [7, 11) is 0. The van der Waals surface area contributed by atoms with Gasteiger partial charge in [0.1, 0.15) is 5.82 Å². The maximum Gasteiger partial charge on any atom is 0.163 e. The van der Waals surface area contributed by atoms with E-state index in [0.29, 0.717) is 11.1 Å². The fraction of sp³-hybridized carbons (Fsp3) is 0.111. The fourth-order valence-corrected chi connectivity index (χ4v) is 2.38. The summed E-state index contributed by atoms with van der Waals surface area (Å²) in [6.07, 6.45) is 2.08. The maximum absolute atomic E-state index is 12.8. The minimum Gasteiger partial charge on any atom is -0.361 e. The van der Waals surface area contributed by atoms with E-state index < -0.39 is 0 Å². The molecule has 22 heavy (non-hydrogen) atoms. The van der Waals surface area contributed by atoms with Gasteiger partial charge in [0, 0.05) is 41.1 Å². The third-order valence-corrected chi connectivity index (χ3v) is 3.62. The molecule has 0 unspecified atom stereocenters. The first-order chi connectivity index (χ1) is 10.6. The molecule has 1 heterocycles. The average Bonchev–Trinajstić information content (AvgIpc) is 3.00.